The molecule has 0 bridgehead atoms. The van der Waals surface area contributed by atoms with Gasteiger partial charge in [-0.05, 0) is 18.1 Å². The van der Waals surface area contributed by atoms with Gasteiger partial charge in [0.1, 0.15) is 0 Å². The van der Waals surface area contributed by atoms with Gasteiger partial charge in [-0.15, -0.1) is 0 Å². The third-order valence-electron chi connectivity index (χ3n) is 2.11. The molecular formula is C10H15NO2. The minimum absolute atomic E-state index is 0.0169. The van der Waals surface area contributed by atoms with Crippen molar-refractivity contribution in [1.29, 1.82) is 0 Å². The molecule has 0 saturated heterocycles. The van der Waals surface area contributed by atoms with E-state index in [9.17, 15) is 0 Å². The lowest BCUT2D eigenvalue weighted by molar-refractivity contribution is 0.0978. The fraction of sp³-hybridized carbons (Fsp3) is 0.500. The second-order valence-corrected chi connectivity index (χ2v) is 2.87. The molecule has 1 unspecified atom stereocenters. The summed E-state index contributed by atoms with van der Waals surface area (Å²) in [5, 5.41) is 9.06. The summed E-state index contributed by atoms with van der Waals surface area (Å²) in [6, 6.07) is 1.89. The molecule has 3 heteroatoms. The largest absolute Gasteiger partial charge is 0.392 e. The van der Waals surface area contributed by atoms with E-state index in [1.165, 1.54) is 0 Å². The molecule has 3 nitrogen and oxygen atoms in total. The average Bonchev–Trinajstić information content (AvgIpc) is 2.20. The van der Waals surface area contributed by atoms with Crippen molar-refractivity contribution in [2.24, 2.45) is 0 Å². The van der Waals surface area contributed by atoms with Crippen LogP contribution < -0.4 is 0 Å². The fourth-order valence-corrected chi connectivity index (χ4v) is 1.40. The third kappa shape index (κ3) is 2.26. The van der Waals surface area contributed by atoms with Crippen molar-refractivity contribution < 1.29 is 9.84 Å². The Morgan fingerprint density at radius 1 is 1.62 bits per heavy atom. The van der Waals surface area contributed by atoms with Crippen molar-refractivity contribution in [2.45, 2.75) is 26.1 Å². The van der Waals surface area contributed by atoms with Gasteiger partial charge < -0.3 is 9.84 Å². The van der Waals surface area contributed by atoms with E-state index < -0.39 is 0 Å². The maximum absolute atomic E-state index is 9.06. The molecule has 0 aliphatic heterocycles. The number of methoxy groups -OCH3 is 1. The predicted octanol–water partition coefficient (Wildman–Crippen LogP) is 1.67. The highest BCUT2D eigenvalue weighted by atomic mass is 16.5. The van der Waals surface area contributed by atoms with Crippen molar-refractivity contribution in [2.75, 3.05) is 7.11 Å². The zero-order valence-corrected chi connectivity index (χ0v) is 8.03. The Morgan fingerprint density at radius 3 is 2.92 bits per heavy atom. The van der Waals surface area contributed by atoms with Crippen LogP contribution in [-0.4, -0.2) is 17.2 Å². The van der Waals surface area contributed by atoms with Crippen LogP contribution in [0, 0.1) is 0 Å². The Labute approximate surface area is 78.4 Å². The SMILES string of the molecule is CCC(OC)c1ccncc1CO. The van der Waals surface area contributed by atoms with Gasteiger partial charge in [0.2, 0.25) is 0 Å². The first-order valence-electron chi connectivity index (χ1n) is 4.39. The van der Waals surface area contributed by atoms with Gasteiger partial charge in [-0.1, -0.05) is 6.92 Å². The summed E-state index contributed by atoms with van der Waals surface area (Å²) in [7, 11) is 1.68. The first-order valence-corrected chi connectivity index (χ1v) is 4.39. The average molecular weight is 181 g/mol. The summed E-state index contributed by atoms with van der Waals surface area (Å²) in [6.45, 7) is 2.07. The number of hydrogen-bond donors (Lipinski definition) is 1. The molecule has 13 heavy (non-hydrogen) atoms. The van der Waals surface area contributed by atoms with Gasteiger partial charge >= 0.3 is 0 Å². The maximum Gasteiger partial charge on any atom is 0.0823 e. The van der Waals surface area contributed by atoms with Crippen LogP contribution in [0.3, 0.4) is 0 Å². The monoisotopic (exact) mass is 181 g/mol. The summed E-state index contributed by atoms with van der Waals surface area (Å²) in [5.74, 6) is 0. The van der Waals surface area contributed by atoms with Crippen molar-refractivity contribution in [1.82, 2.24) is 4.98 Å². The zero-order chi connectivity index (χ0) is 9.68. The van der Waals surface area contributed by atoms with E-state index >= 15 is 0 Å². The van der Waals surface area contributed by atoms with Crippen molar-refractivity contribution in [3.05, 3.63) is 29.6 Å². The molecule has 1 atom stereocenters. The van der Waals surface area contributed by atoms with Crippen molar-refractivity contribution >= 4 is 0 Å². The highest BCUT2D eigenvalue weighted by Gasteiger charge is 2.11. The van der Waals surface area contributed by atoms with Gasteiger partial charge in [0.15, 0.2) is 0 Å². The third-order valence-corrected chi connectivity index (χ3v) is 2.11. The number of hydrogen-bond acceptors (Lipinski definition) is 3. The van der Waals surface area contributed by atoms with Gasteiger partial charge in [0, 0.05) is 25.1 Å². The van der Waals surface area contributed by atoms with Crippen molar-refractivity contribution in [3.63, 3.8) is 0 Å². The van der Waals surface area contributed by atoms with E-state index in [1.807, 2.05) is 6.07 Å². The van der Waals surface area contributed by atoms with Crippen molar-refractivity contribution in [3.8, 4) is 0 Å². The van der Waals surface area contributed by atoms with E-state index in [-0.39, 0.29) is 12.7 Å². The van der Waals surface area contributed by atoms with Crippen LogP contribution in [0.25, 0.3) is 0 Å². The molecule has 1 aromatic heterocycles. The Bertz CT molecular complexity index is 259. The molecule has 0 radical (unpaired) electrons. The number of nitrogens with zero attached hydrogens (tertiary/aromatic N) is 1. The number of aliphatic hydroxyl groups excluding tert-OH is 1. The van der Waals surface area contributed by atoms with E-state index in [0.29, 0.717) is 0 Å². The maximum atomic E-state index is 9.06. The summed E-state index contributed by atoms with van der Waals surface area (Å²) < 4.78 is 5.29. The number of ether oxygens (including phenoxy) is 1. The first-order chi connectivity index (χ1) is 6.33. The molecule has 0 spiro atoms. The van der Waals surface area contributed by atoms with Crippen LogP contribution in [-0.2, 0) is 11.3 Å². The summed E-state index contributed by atoms with van der Waals surface area (Å²) >= 11 is 0. The molecule has 1 aromatic rings. The Kier molecular flexibility index (Phi) is 3.86. The van der Waals surface area contributed by atoms with Crippen LogP contribution >= 0.6 is 0 Å². The lowest BCUT2D eigenvalue weighted by Crippen LogP contribution is -2.04. The molecule has 0 aliphatic rings. The minimum Gasteiger partial charge on any atom is -0.392 e. The quantitative estimate of drug-likeness (QED) is 0.768. The van der Waals surface area contributed by atoms with Gasteiger partial charge in [-0.2, -0.15) is 0 Å². The Balaban J connectivity index is 2.96. The van der Waals surface area contributed by atoms with Crippen LogP contribution in [0.15, 0.2) is 18.5 Å². The Hall–Kier alpha value is -0.930. The number of pyridine rings is 1. The summed E-state index contributed by atoms with van der Waals surface area (Å²) in [4.78, 5) is 3.95. The van der Waals surface area contributed by atoms with Gasteiger partial charge in [0.25, 0.3) is 0 Å². The molecule has 0 aliphatic carbocycles. The first kappa shape index (κ1) is 10.2. The zero-order valence-electron chi connectivity index (χ0n) is 8.03. The van der Waals surface area contributed by atoms with Crippen LogP contribution in [0.5, 0.6) is 0 Å². The highest BCUT2D eigenvalue weighted by Crippen LogP contribution is 2.22. The standard InChI is InChI=1S/C10H15NO2/c1-3-10(13-2)9-4-5-11-6-8(9)7-12/h4-6,10,12H,3,7H2,1-2H3. The number of rotatable bonds is 4. The minimum atomic E-state index is 0.0169. The summed E-state index contributed by atoms with van der Waals surface area (Å²) in [6.07, 6.45) is 4.35. The lowest BCUT2D eigenvalue weighted by atomic mass is 10.0. The van der Waals surface area contributed by atoms with Crippen LogP contribution in [0.4, 0.5) is 0 Å². The van der Waals surface area contributed by atoms with Crippen LogP contribution in [0.2, 0.25) is 0 Å². The molecule has 0 aromatic carbocycles. The molecule has 0 amide bonds. The molecule has 1 heterocycles. The fourth-order valence-electron chi connectivity index (χ4n) is 1.40. The topological polar surface area (TPSA) is 42.4 Å². The molecule has 72 valence electrons. The van der Waals surface area contributed by atoms with E-state index in [4.69, 9.17) is 9.84 Å². The van der Waals surface area contributed by atoms with Gasteiger partial charge in [-0.3, -0.25) is 4.98 Å². The van der Waals surface area contributed by atoms with Gasteiger partial charge in [-0.25, -0.2) is 0 Å². The number of aliphatic hydroxyl groups is 1. The molecule has 0 saturated carbocycles. The molecule has 0 fully saturated rings. The van der Waals surface area contributed by atoms with E-state index in [1.54, 1.807) is 19.5 Å². The smallest absolute Gasteiger partial charge is 0.0823 e. The molecule has 1 rings (SSSR count). The highest BCUT2D eigenvalue weighted by molar-refractivity contribution is 5.24. The van der Waals surface area contributed by atoms with Crippen LogP contribution in [0.1, 0.15) is 30.6 Å². The molecular weight excluding hydrogens is 166 g/mol. The lowest BCUT2D eigenvalue weighted by Gasteiger charge is -2.15. The van der Waals surface area contributed by atoms with Gasteiger partial charge in [0.05, 0.1) is 12.7 Å². The normalized spacial score (nSPS) is 12.8. The number of aromatic nitrogens is 1. The Morgan fingerprint density at radius 2 is 2.38 bits per heavy atom. The predicted molar refractivity (Wildman–Crippen MR) is 50.2 cm³/mol. The van der Waals surface area contributed by atoms with E-state index in [0.717, 1.165) is 17.5 Å². The molecule has 1 N–H and O–H groups in total. The van der Waals surface area contributed by atoms with E-state index in [2.05, 4.69) is 11.9 Å². The second kappa shape index (κ2) is 4.94. The summed E-state index contributed by atoms with van der Waals surface area (Å²) in [5.41, 5.74) is 1.87. The second-order valence-electron chi connectivity index (χ2n) is 2.87.